The highest BCUT2D eigenvalue weighted by Crippen LogP contribution is 2.20. The zero-order chi connectivity index (χ0) is 12.0. The summed E-state index contributed by atoms with van der Waals surface area (Å²) in [5.41, 5.74) is 0.0307. The van der Waals surface area contributed by atoms with Crippen molar-refractivity contribution in [2.24, 2.45) is 0 Å². The van der Waals surface area contributed by atoms with Gasteiger partial charge in [-0.15, -0.1) is 0 Å². The minimum atomic E-state index is -1.13. The van der Waals surface area contributed by atoms with Gasteiger partial charge in [-0.3, -0.25) is 4.79 Å². The number of aryl methyl sites for hydroxylation is 1. The van der Waals surface area contributed by atoms with E-state index in [0.717, 1.165) is 6.42 Å². The molecular formula is C14H20O2. The van der Waals surface area contributed by atoms with Crippen molar-refractivity contribution < 1.29 is 9.90 Å². The molecule has 0 aliphatic heterocycles. The second kappa shape index (κ2) is 5.80. The fourth-order valence-corrected chi connectivity index (χ4v) is 1.84. The van der Waals surface area contributed by atoms with Crippen LogP contribution >= 0.6 is 0 Å². The van der Waals surface area contributed by atoms with Crippen LogP contribution in [-0.4, -0.2) is 16.5 Å². The minimum absolute atomic E-state index is 0.0501. The molecule has 1 unspecified atom stereocenters. The molecule has 0 radical (unpaired) electrons. The van der Waals surface area contributed by atoms with Crippen LogP contribution in [-0.2, 0) is 11.2 Å². The van der Waals surface area contributed by atoms with Gasteiger partial charge in [0.05, 0.1) is 0 Å². The van der Waals surface area contributed by atoms with Crippen molar-refractivity contribution in [3.05, 3.63) is 35.9 Å². The number of hydrogen-bond donors (Lipinski definition) is 1. The van der Waals surface area contributed by atoms with Crippen molar-refractivity contribution in [2.45, 2.75) is 45.1 Å². The van der Waals surface area contributed by atoms with Gasteiger partial charge in [-0.1, -0.05) is 44.2 Å². The lowest BCUT2D eigenvalue weighted by molar-refractivity contribution is -0.138. The molecule has 0 spiro atoms. The monoisotopic (exact) mass is 220 g/mol. The molecule has 2 nitrogen and oxygen atoms in total. The normalized spacial score (nSPS) is 14.4. The van der Waals surface area contributed by atoms with Crippen LogP contribution in [0.1, 0.15) is 38.7 Å². The number of Topliss-reactive ketones (excluding diaryl/α,β-unsaturated/α-hetero) is 1. The molecular weight excluding hydrogens is 200 g/mol. The highest BCUT2D eigenvalue weighted by atomic mass is 16.3. The molecule has 0 aliphatic rings. The lowest BCUT2D eigenvalue weighted by Crippen LogP contribution is -2.38. The topological polar surface area (TPSA) is 37.3 Å². The van der Waals surface area contributed by atoms with Crippen molar-refractivity contribution in [1.29, 1.82) is 0 Å². The number of hydrogen-bond acceptors (Lipinski definition) is 2. The molecule has 0 bridgehead atoms. The van der Waals surface area contributed by atoms with Crippen LogP contribution < -0.4 is 0 Å². The number of rotatable bonds is 6. The van der Waals surface area contributed by atoms with Crippen molar-refractivity contribution in [3.63, 3.8) is 0 Å². The molecule has 0 heterocycles. The van der Waals surface area contributed by atoms with Gasteiger partial charge in [0, 0.05) is 6.42 Å². The Morgan fingerprint density at radius 1 is 1.25 bits per heavy atom. The molecule has 0 saturated carbocycles. The van der Waals surface area contributed by atoms with E-state index in [1.807, 2.05) is 37.3 Å². The van der Waals surface area contributed by atoms with E-state index in [-0.39, 0.29) is 5.78 Å². The van der Waals surface area contributed by atoms with Gasteiger partial charge in [0.25, 0.3) is 0 Å². The molecule has 1 aromatic rings. The molecule has 1 aromatic carbocycles. The standard InChI is InChI=1S/C14H20O2/c1-3-13(15)14(16,4-2)11-10-12-8-6-5-7-9-12/h5-9,16H,3-4,10-11H2,1-2H3. The highest BCUT2D eigenvalue weighted by Gasteiger charge is 2.31. The molecule has 1 rings (SSSR count). The Labute approximate surface area is 97.3 Å². The maximum atomic E-state index is 11.6. The molecule has 0 saturated heterocycles. The number of aliphatic hydroxyl groups is 1. The smallest absolute Gasteiger partial charge is 0.164 e. The van der Waals surface area contributed by atoms with Crippen LogP contribution in [0.15, 0.2) is 30.3 Å². The molecule has 2 heteroatoms. The minimum Gasteiger partial charge on any atom is -0.382 e. The van der Waals surface area contributed by atoms with E-state index in [9.17, 15) is 9.90 Å². The molecule has 88 valence electrons. The largest absolute Gasteiger partial charge is 0.382 e. The van der Waals surface area contributed by atoms with E-state index in [1.54, 1.807) is 6.92 Å². The number of carbonyl (C=O) groups excluding carboxylic acids is 1. The first-order valence-corrected chi connectivity index (χ1v) is 5.92. The van der Waals surface area contributed by atoms with Crippen LogP contribution in [0.3, 0.4) is 0 Å². The fraction of sp³-hybridized carbons (Fsp3) is 0.500. The summed E-state index contributed by atoms with van der Waals surface area (Å²) in [4.78, 5) is 11.6. The molecule has 0 aromatic heterocycles. The summed E-state index contributed by atoms with van der Waals surface area (Å²) in [6, 6.07) is 9.95. The Kier molecular flexibility index (Phi) is 4.69. The molecule has 0 aliphatic carbocycles. The zero-order valence-electron chi connectivity index (χ0n) is 10.1. The number of ketones is 1. The zero-order valence-corrected chi connectivity index (χ0v) is 10.1. The Bertz CT molecular complexity index is 332. The summed E-state index contributed by atoms with van der Waals surface area (Å²) in [7, 11) is 0. The fourth-order valence-electron chi connectivity index (χ4n) is 1.84. The lowest BCUT2D eigenvalue weighted by Gasteiger charge is -2.24. The van der Waals surface area contributed by atoms with Gasteiger partial charge in [-0.25, -0.2) is 0 Å². The summed E-state index contributed by atoms with van der Waals surface area (Å²) >= 11 is 0. The van der Waals surface area contributed by atoms with Gasteiger partial charge in [0.1, 0.15) is 5.60 Å². The Morgan fingerprint density at radius 2 is 1.88 bits per heavy atom. The van der Waals surface area contributed by atoms with Crippen molar-refractivity contribution in [2.75, 3.05) is 0 Å². The quantitative estimate of drug-likeness (QED) is 0.800. The van der Waals surface area contributed by atoms with E-state index < -0.39 is 5.60 Å². The average molecular weight is 220 g/mol. The summed E-state index contributed by atoms with van der Waals surface area (Å²) < 4.78 is 0. The van der Waals surface area contributed by atoms with Crippen molar-refractivity contribution in [3.8, 4) is 0 Å². The van der Waals surface area contributed by atoms with E-state index >= 15 is 0 Å². The van der Waals surface area contributed by atoms with Crippen LogP contribution in [0.2, 0.25) is 0 Å². The van der Waals surface area contributed by atoms with E-state index in [4.69, 9.17) is 0 Å². The second-order valence-corrected chi connectivity index (χ2v) is 4.15. The Balaban J connectivity index is 2.62. The van der Waals surface area contributed by atoms with Crippen molar-refractivity contribution >= 4 is 5.78 Å². The highest BCUT2D eigenvalue weighted by molar-refractivity contribution is 5.86. The maximum absolute atomic E-state index is 11.6. The summed E-state index contributed by atoms with van der Waals surface area (Å²) in [6.45, 7) is 3.66. The lowest BCUT2D eigenvalue weighted by atomic mass is 9.87. The summed E-state index contributed by atoms with van der Waals surface area (Å²) in [5.74, 6) is -0.0501. The first-order valence-electron chi connectivity index (χ1n) is 5.92. The SMILES string of the molecule is CCC(=O)C(O)(CC)CCc1ccccc1. The third-order valence-electron chi connectivity index (χ3n) is 3.10. The number of benzene rings is 1. The van der Waals surface area contributed by atoms with Crippen LogP contribution in [0.25, 0.3) is 0 Å². The van der Waals surface area contributed by atoms with Crippen molar-refractivity contribution in [1.82, 2.24) is 0 Å². The first-order chi connectivity index (χ1) is 7.62. The molecule has 16 heavy (non-hydrogen) atoms. The third-order valence-corrected chi connectivity index (χ3v) is 3.10. The van der Waals surface area contributed by atoms with Gasteiger partial charge in [-0.2, -0.15) is 0 Å². The van der Waals surface area contributed by atoms with E-state index in [1.165, 1.54) is 5.56 Å². The predicted octanol–water partition coefficient (Wildman–Crippen LogP) is 2.74. The van der Waals surface area contributed by atoms with Gasteiger partial charge in [0.15, 0.2) is 5.78 Å². The van der Waals surface area contributed by atoms with Crippen LogP contribution in [0, 0.1) is 0 Å². The van der Waals surface area contributed by atoms with Gasteiger partial charge >= 0.3 is 0 Å². The van der Waals surface area contributed by atoms with Gasteiger partial charge in [-0.05, 0) is 24.8 Å². The first kappa shape index (κ1) is 12.9. The van der Waals surface area contributed by atoms with E-state index in [2.05, 4.69) is 0 Å². The molecule has 1 atom stereocenters. The molecule has 0 fully saturated rings. The van der Waals surface area contributed by atoms with Crippen LogP contribution in [0.4, 0.5) is 0 Å². The van der Waals surface area contributed by atoms with Gasteiger partial charge < -0.3 is 5.11 Å². The maximum Gasteiger partial charge on any atom is 0.164 e. The summed E-state index contributed by atoms with van der Waals surface area (Å²) in [5, 5.41) is 10.2. The van der Waals surface area contributed by atoms with Gasteiger partial charge in [0.2, 0.25) is 0 Å². The summed E-state index contributed by atoms with van der Waals surface area (Å²) in [6.07, 6.45) is 2.16. The Hall–Kier alpha value is -1.15. The average Bonchev–Trinajstić information content (AvgIpc) is 2.36. The van der Waals surface area contributed by atoms with Crippen LogP contribution in [0.5, 0.6) is 0 Å². The molecule has 1 N–H and O–H groups in total. The van der Waals surface area contributed by atoms with E-state index in [0.29, 0.717) is 19.3 Å². The number of carbonyl (C=O) groups is 1. The second-order valence-electron chi connectivity index (χ2n) is 4.15. The Morgan fingerprint density at radius 3 is 2.38 bits per heavy atom. The molecule has 0 amide bonds. The predicted molar refractivity (Wildman–Crippen MR) is 65.3 cm³/mol. The third kappa shape index (κ3) is 3.17.